The average molecular weight is 999 g/mol. The van der Waals surface area contributed by atoms with E-state index in [2.05, 4.69) is 21.7 Å². The lowest BCUT2D eigenvalue weighted by Crippen LogP contribution is -2.17. The van der Waals surface area contributed by atoms with E-state index < -0.39 is 0 Å². The molecule has 0 spiro atoms. The van der Waals surface area contributed by atoms with Crippen molar-refractivity contribution < 1.29 is 47.4 Å². The summed E-state index contributed by atoms with van der Waals surface area (Å²) in [6.07, 6.45) is 23.1. The van der Waals surface area contributed by atoms with Crippen LogP contribution in [0.25, 0.3) is 0 Å². The summed E-state index contributed by atoms with van der Waals surface area (Å²) in [7, 11) is 3.73. The number of hydrogen-bond donors (Lipinski definition) is 1. The Hall–Kier alpha value is -6.54. The molecule has 7 aliphatic rings. The second-order valence-electron chi connectivity index (χ2n) is 19.8. The van der Waals surface area contributed by atoms with Gasteiger partial charge in [0.2, 0.25) is 0 Å². The molecule has 0 bridgehead atoms. The Morgan fingerprint density at radius 3 is 1.85 bits per heavy atom. The molecule has 1 N–H and O–H groups in total. The number of aromatic nitrogens is 2. The first-order valence-corrected chi connectivity index (χ1v) is 26.0. The molecule has 0 saturated carbocycles. The van der Waals surface area contributed by atoms with Crippen molar-refractivity contribution in [3.05, 3.63) is 139 Å². The van der Waals surface area contributed by atoms with Crippen LogP contribution in [0.4, 0.5) is 0 Å². The zero-order valence-electron chi connectivity index (χ0n) is 44.4. The Balaban J connectivity index is 0.000000161. The highest BCUT2D eigenvalue weighted by atomic mass is 16.7. The van der Waals surface area contributed by atoms with E-state index in [4.69, 9.17) is 18.6 Å². The molecule has 3 heterocycles. The minimum atomic E-state index is -0.176. The van der Waals surface area contributed by atoms with E-state index in [9.17, 15) is 28.8 Å². The zero-order valence-corrected chi connectivity index (χ0v) is 44.4. The molecule has 6 aliphatic carbocycles. The molecular weight excluding hydrogens is 925 g/mol. The summed E-state index contributed by atoms with van der Waals surface area (Å²) in [5.74, 6) is 3.43. The maximum atomic E-state index is 13.5. The number of hydroxylamine groups is 2. The number of allylic oxidation sites excluding steroid dienone is 10. The third kappa shape index (κ3) is 15.5. The van der Waals surface area contributed by atoms with Crippen LogP contribution < -0.4 is 5.32 Å². The standard InChI is InChI=1S/C23H25NO3.C12H17NO2.C11H13NO2.C8H12O2.C5H7NO/c1-12-10-17-21(14-6-4-7-15(25)11-14)20(13(2)24-3)23(27)22(17)16-8-5-9-18(26)19(12)16;1-9-6-12(15-13(9)2)8-10-4-3-5-11(14)7-10;1-8-5-11(14-12-8)7-9-3-2-4-10(13)6-9;1-2-10-8-5-3-4-7(9)6-8;1-4-3-5(2)7-6-4/h10-11,21,24H,4-9H2,1-3H3;6-7,12H,3-5,8H2,1-2H3;5-6H,2-4,7H2,1H3;6H,2-5H2,1H3;3H,1-2H3/b20-13-;;;;. The Labute approximate surface area is 430 Å². The summed E-state index contributed by atoms with van der Waals surface area (Å²) in [6, 6.07) is 5.83. The monoisotopic (exact) mass is 999 g/mol. The van der Waals surface area contributed by atoms with Crippen molar-refractivity contribution in [3.63, 3.8) is 0 Å². The predicted molar refractivity (Wildman–Crippen MR) is 279 cm³/mol. The fourth-order valence-corrected chi connectivity index (χ4v) is 10.3. The maximum absolute atomic E-state index is 13.5. The van der Waals surface area contributed by atoms with Crippen LogP contribution in [0.15, 0.2) is 97.1 Å². The summed E-state index contributed by atoms with van der Waals surface area (Å²) in [4.78, 5) is 76.9. The molecule has 2 aromatic heterocycles. The fourth-order valence-electron chi connectivity index (χ4n) is 10.3. The number of Topliss-reactive ketones (excluding diaryl/α,β-unsaturated/α-hetero) is 2. The van der Waals surface area contributed by atoms with E-state index in [1.165, 1.54) is 5.57 Å². The number of carbonyl (C=O) groups excluding carboxylic acids is 6. The van der Waals surface area contributed by atoms with Crippen LogP contribution in [0.2, 0.25) is 0 Å². The number of benzene rings is 1. The van der Waals surface area contributed by atoms with Gasteiger partial charge in [-0.15, -0.1) is 0 Å². The highest BCUT2D eigenvalue weighted by Crippen LogP contribution is 2.49. The highest BCUT2D eigenvalue weighted by Gasteiger charge is 2.42. The van der Waals surface area contributed by atoms with Crippen molar-refractivity contribution in [2.24, 2.45) is 0 Å². The molecular formula is C59H74N4O10. The number of nitrogens with zero attached hydrogens (tertiary/aromatic N) is 3. The third-order valence-electron chi connectivity index (χ3n) is 13.8. The van der Waals surface area contributed by atoms with Gasteiger partial charge in [0.25, 0.3) is 0 Å². The van der Waals surface area contributed by atoms with E-state index in [0.717, 1.165) is 162 Å². The summed E-state index contributed by atoms with van der Waals surface area (Å²) in [5.41, 5.74) is 12.3. The van der Waals surface area contributed by atoms with E-state index in [1.54, 1.807) is 29.4 Å². The molecule has 0 saturated heterocycles. The van der Waals surface area contributed by atoms with Crippen LogP contribution >= 0.6 is 0 Å². The van der Waals surface area contributed by atoms with Crippen LogP contribution in [0.3, 0.4) is 0 Å². The molecule has 14 nitrogen and oxygen atoms in total. The van der Waals surface area contributed by atoms with Crippen LogP contribution in [-0.2, 0) is 41.6 Å². The van der Waals surface area contributed by atoms with Gasteiger partial charge in [0.15, 0.2) is 34.7 Å². The number of ether oxygens (including phenoxy) is 1. The SMILES string of the molecule is CC1=CC(CC2=CC(=O)CCC2)ON1C.CCOC1=CC(=O)CCC1.CN/C(C)=C1\C(=O)c2c(cc(C)c3c2CCCC3=O)C1C1=CC(=O)CCC1.Cc1cc(C)on1.Cc1cc(CC2=CC(=O)CCC2)on1. The fraction of sp³-hybridized carbons (Fsp3) is 0.492. The van der Waals surface area contributed by atoms with Gasteiger partial charge >= 0.3 is 0 Å². The first-order chi connectivity index (χ1) is 34.9. The van der Waals surface area contributed by atoms with E-state index in [1.807, 2.05) is 80.8 Å². The Bertz CT molecular complexity index is 2740. The number of ketones is 6. The number of nitrogens with one attached hydrogen (secondary N) is 1. The molecule has 1 aromatic carbocycles. The lowest BCUT2D eigenvalue weighted by atomic mass is 9.79. The van der Waals surface area contributed by atoms with Crippen molar-refractivity contribution in [1.82, 2.24) is 20.7 Å². The highest BCUT2D eigenvalue weighted by molar-refractivity contribution is 6.18. The summed E-state index contributed by atoms with van der Waals surface area (Å²) in [6.45, 7) is 14.2. The number of fused-ring (bicyclic) bond motifs is 3. The number of hydrogen-bond acceptors (Lipinski definition) is 14. The van der Waals surface area contributed by atoms with Gasteiger partial charge in [-0.3, -0.25) is 38.7 Å². The van der Waals surface area contributed by atoms with Crippen LogP contribution in [0.5, 0.6) is 0 Å². The molecule has 390 valence electrons. The topological polar surface area (TPSA) is 188 Å². The van der Waals surface area contributed by atoms with Gasteiger partial charge in [-0.05, 0) is 147 Å². The smallest absolute Gasteiger partial charge is 0.192 e. The number of rotatable bonds is 8. The first kappa shape index (κ1) is 55.8. The minimum absolute atomic E-state index is 0.0201. The largest absolute Gasteiger partial charge is 0.498 e. The van der Waals surface area contributed by atoms with Crippen LogP contribution in [-0.4, -0.2) is 76.9 Å². The first-order valence-electron chi connectivity index (χ1n) is 26.0. The number of carbonyl (C=O) groups is 6. The molecule has 14 heteroatoms. The molecule has 2 atom stereocenters. The minimum Gasteiger partial charge on any atom is -0.498 e. The van der Waals surface area contributed by atoms with Gasteiger partial charge in [0.1, 0.15) is 17.6 Å². The van der Waals surface area contributed by atoms with Gasteiger partial charge in [-0.25, -0.2) is 0 Å². The van der Waals surface area contributed by atoms with Gasteiger partial charge in [-0.1, -0.05) is 33.1 Å². The van der Waals surface area contributed by atoms with Crippen molar-refractivity contribution in [1.29, 1.82) is 0 Å². The van der Waals surface area contributed by atoms with Crippen molar-refractivity contribution in [2.75, 3.05) is 20.7 Å². The van der Waals surface area contributed by atoms with E-state index >= 15 is 0 Å². The Morgan fingerprint density at radius 2 is 1.30 bits per heavy atom. The van der Waals surface area contributed by atoms with Gasteiger partial charge in [0, 0.05) is 118 Å². The second kappa shape index (κ2) is 26.4. The molecule has 10 rings (SSSR count). The second-order valence-corrected chi connectivity index (χ2v) is 19.8. The molecule has 73 heavy (non-hydrogen) atoms. The van der Waals surface area contributed by atoms with Gasteiger partial charge in [0.05, 0.1) is 23.8 Å². The quantitative estimate of drug-likeness (QED) is 0.210. The van der Waals surface area contributed by atoms with Gasteiger partial charge in [-0.2, -0.15) is 0 Å². The normalized spacial score (nSPS) is 20.9. The lowest BCUT2D eigenvalue weighted by molar-refractivity contribution is -0.118. The van der Waals surface area contributed by atoms with Crippen LogP contribution in [0.1, 0.15) is 183 Å². The Kier molecular flexibility index (Phi) is 20.2. The third-order valence-corrected chi connectivity index (χ3v) is 13.8. The summed E-state index contributed by atoms with van der Waals surface area (Å²) in [5, 5.41) is 12.4. The molecule has 2 unspecified atom stereocenters. The van der Waals surface area contributed by atoms with E-state index in [-0.39, 0.29) is 46.7 Å². The van der Waals surface area contributed by atoms with Crippen molar-refractivity contribution >= 4 is 34.7 Å². The molecule has 0 radical (unpaired) electrons. The zero-order chi connectivity index (χ0) is 52.8. The average Bonchev–Trinajstić information content (AvgIpc) is 4.11. The van der Waals surface area contributed by atoms with Crippen LogP contribution in [0, 0.1) is 27.7 Å². The van der Waals surface area contributed by atoms with E-state index in [0.29, 0.717) is 38.7 Å². The predicted octanol–water partition coefficient (Wildman–Crippen LogP) is 11.3. The maximum Gasteiger partial charge on any atom is 0.192 e. The summed E-state index contributed by atoms with van der Waals surface area (Å²) >= 11 is 0. The van der Waals surface area contributed by atoms with Crippen molar-refractivity contribution in [3.8, 4) is 0 Å². The molecule has 0 amide bonds. The number of aryl methyl sites for hydroxylation is 4. The Morgan fingerprint density at radius 1 is 0.699 bits per heavy atom. The molecule has 0 fully saturated rings. The van der Waals surface area contributed by atoms with Gasteiger partial charge < -0.3 is 19.1 Å². The molecule has 3 aromatic rings. The lowest BCUT2D eigenvalue weighted by Gasteiger charge is -2.24. The summed E-state index contributed by atoms with van der Waals surface area (Å²) < 4.78 is 15.0. The molecule has 1 aliphatic heterocycles. The van der Waals surface area contributed by atoms with Crippen molar-refractivity contribution in [2.45, 2.75) is 170 Å².